The van der Waals surface area contributed by atoms with Crippen LogP contribution in [0.25, 0.3) is 5.57 Å². The molecule has 2 aliphatic rings. The fraction of sp³-hybridized carbons (Fsp3) is 0.462. The van der Waals surface area contributed by atoms with Gasteiger partial charge in [-0.25, -0.2) is 8.42 Å². The van der Waals surface area contributed by atoms with E-state index in [1.807, 2.05) is 0 Å². The predicted molar refractivity (Wildman–Crippen MR) is 67.6 cm³/mol. The van der Waals surface area contributed by atoms with Crippen molar-refractivity contribution in [3.05, 3.63) is 35.7 Å². The van der Waals surface area contributed by atoms with Crippen LogP contribution >= 0.6 is 0 Å². The third-order valence-corrected chi connectivity index (χ3v) is 6.51. The Morgan fingerprint density at radius 2 is 2.00 bits per heavy atom. The fourth-order valence-electron chi connectivity index (χ4n) is 2.96. The molecule has 1 aromatic heterocycles. The van der Waals surface area contributed by atoms with Gasteiger partial charge in [-0.2, -0.15) is 13.2 Å². The highest BCUT2D eigenvalue weighted by Gasteiger charge is 2.44. The number of rotatable bonds is 1. The molecule has 7 heteroatoms. The molecule has 3 nitrogen and oxygen atoms in total. The van der Waals surface area contributed by atoms with Crippen molar-refractivity contribution in [2.45, 2.75) is 35.9 Å². The van der Waals surface area contributed by atoms with Crippen LogP contribution in [0.3, 0.4) is 0 Å². The summed E-state index contributed by atoms with van der Waals surface area (Å²) in [7, 11) is -3.20. The number of aromatic nitrogens is 1. The summed E-state index contributed by atoms with van der Waals surface area (Å²) >= 11 is 0. The topological polar surface area (TPSA) is 47.0 Å². The molecule has 0 radical (unpaired) electrons. The number of pyridine rings is 1. The minimum absolute atomic E-state index is 0.00630. The van der Waals surface area contributed by atoms with Crippen molar-refractivity contribution in [3.8, 4) is 0 Å². The zero-order chi connectivity index (χ0) is 14.5. The molecule has 1 aromatic rings. The van der Waals surface area contributed by atoms with Crippen LogP contribution in [0.1, 0.15) is 30.4 Å². The summed E-state index contributed by atoms with van der Waals surface area (Å²) in [5, 5.41) is -1.19. The average Bonchev–Trinajstić information content (AvgIpc) is 2.57. The Hall–Kier alpha value is -1.37. The summed E-state index contributed by atoms with van der Waals surface area (Å²) in [4.78, 5) is 3.75. The van der Waals surface area contributed by atoms with Crippen LogP contribution in [0, 0.1) is 0 Å². The van der Waals surface area contributed by atoms with Gasteiger partial charge in [0, 0.05) is 18.0 Å². The Bertz CT molecular complexity index is 679. The molecule has 0 spiro atoms. The molecule has 0 saturated carbocycles. The first kappa shape index (κ1) is 13.6. The Morgan fingerprint density at radius 3 is 2.65 bits per heavy atom. The van der Waals surface area contributed by atoms with Gasteiger partial charge < -0.3 is 0 Å². The first-order valence-electron chi connectivity index (χ1n) is 6.25. The summed E-state index contributed by atoms with van der Waals surface area (Å²) < 4.78 is 62.9. The summed E-state index contributed by atoms with van der Waals surface area (Å²) in [6.45, 7) is 0. The monoisotopic (exact) mass is 303 g/mol. The molecule has 108 valence electrons. The van der Waals surface area contributed by atoms with E-state index in [0.29, 0.717) is 18.4 Å². The van der Waals surface area contributed by atoms with E-state index in [2.05, 4.69) is 4.98 Å². The fourth-order valence-corrected chi connectivity index (χ4v) is 5.15. The zero-order valence-corrected chi connectivity index (χ0v) is 11.2. The van der Waals surface area contributed by atoms with Crippen LogP contribution in [0.4, 0.5) is 13.2 Å². The quantitative estimate of drug-likeness (QED) is 0.801. The van der Waals surface area contributed by atoms with Crippen molar-refractivity contribution < 1.29 is 21.6 Å². The molecule has 0 aliphatic carbocycles. The first-order chi connectivity index (χ1) is 9.30. The summed E-state index contributed by atoms with van der Waals surface area (Å²) in [6, 6.07) is 0.932. The summed E-state index contributed by atoms with van der Waals surface area (Å²) in [5.41, 5.74) is -0.294. The van der Waals surface area contributed by atoms with E-state index in [1.54, 1.807) is 0 Å². The Kier molecular flexibility index (Phi) is 2.93. The van der Waals surface area contributed by atoms with Gasteiger partial charge in [0.15, 0.2) is 9.84 Å². The van der Waals surface area contributed by atoms with Crippen LogP contribution in [-0.4, -0.2) is 23.9 Å². The van der Waals surface area contributed by atoms with Gasteiger partial charge >= 0.3 is 6.18 Å². The highest BCUT2D eigenvalue weighted by Crippen LogP contribution is 2.43. The molecule has 2 aliphatic heterocycles. The molecule has 1 fully saturated rings. The lowest BCUT2D eigenvalue weighted by molar-refractivity contribution is -0.137. The van der Waals surface area contributed by atoms with Crippen LogP contribution in [-0.2, 0) is 16.0 Å². The van der Waals surface area contributed by atoms with Gasteiger partial charge in [0.25, 0.3) is 0 Å². The van der Waals surface area contributed by atoms with Crippen LogP contribution in [0.5, 0.6) is 0 Å². The molecule has 0 N–H and O–H groups in total. The van der Waals surface area contributed by atoms with E-state index in [9.17, 15) is 21.6 Å². The molecule has 0 aromatic carbocycles. The van der Waals surface area contributed by atoms with E-state index >= 15 is 0 Å². The summed E-state index contributed by atoms with van der Waals surface area (Å²) in [6.07, 6.45) is 0.451. The maximum atomic E-state index is 13.0. The number of hydrogen-bond acceptors (Lipinski definition) is 3. The largest absolute Gasteiger partial charge is 0.417 e. The van der Waals surface area contributed by atoms with Gasteiger partial charge in [-0.05, 0) is 30.9 Å². The van der Waals surface area contributed by atoms with Crippen LogP contribution < -0.4 is 0 Å². The number of allylic oxidation sites excluding steroid dienone is 1. The standard InChI is InChI=1S/C13H12F3NO2S/c14-13(15,16)12-3-4-17-7-11(12)8-5-9-1-2-10(6-8)20(9,18)19/h3-5,7,9-10H,1-2,6H2. The van der Waals surface area contributed by atoms with E-state index in [1.165, 1.54) is 12.3 Å². The normalized spacial score (nSPS) is 28.2. The maximum absolute atomic E-state index is 13.0. The van der Waals surface area contributed by atoms with Gasteiger partial charge in [-0.1, -0.05) is 6.08 Å². The number of halogens is 3. The van der Waals surface area contributed by atoms with E-state index in [4.69, 9.17) is 0 Å². The first-order valence-corrected chi connectivity index (χ1v) is 7.86. The maximum Gasteiger partial charge on any atom is 0.417 e. The van der Waals surface area contributed by atoms with E-state index in [0.717, 1.165) is 12.3 Å². The molecule has 20 heavy (non-hydrogen) atoms. The Labute approximate surface area is 114 Å². The molecule has 1 saturated heterocycles. The van der Waals surface area contributed by atoms with Crippen LogP contribution in [0.2, 0.25) is 0 Å². The van der Waals surface area contributed by atoms with Crippen molar-refractivity contribution in [3.63, 3.8) is 0 Å². The molecular weight excluding hydrogens is 291 g/mol. The van der Waals surface area contributed by atoms with Gasteiger partial charge in [0.2, 0.25) is 0 Å². The highest BCUT2D eigenvalue weighted by atomic mass is 32.2. The number of nitrogens with zero attached hydrogens (tertiary/aromatic N) is 1. The van der Waals surface area contributed by atoms with Crippen molar-refractivity contribution in [1.82, 2.24) is 4.98 Å². The molecular formula is C13H12F3NO2S. The molecule has 3 rings (SSSR count). The lowest BCUT2D eigenvalue weighted by Gasteiger charge is -2.22. The van der Waals surface area contributed by atoms with Crippen molar-refractivity contribution in [2.75, 3.05) is 0 Å². The minimum atomic E-state index is -4.46. The molecule has 0 amide bonds. The number of hydrogen-bond donors (Lipinski definition) is 0. The second kappa shape index (κ2) is 4.31. The van der Waals surface area contributed by atoms with Gasteiger partial charge in [0.05, 0.1) is 16.1 Å². The minimum Gasteiger partial charge on any atom is -0.264 e. The van der Waals surface area contributed by atoms with Crippen molar-refractivity contribution >= 4 is 15.4 Å². The number of alkyl halides is 3. The van der Waals surface area contributed by atoms with E-state index in [-0.39, 0.29) is 12.0 Å². The zero-order valence-electron chi connectivity index (χ0n) is 10.4. The third kappa shape index (κ3) is 2.04. The lowest BCUT2D eigenvalue weighted by Crippen LogP contribution is -2.26. The Balaban J connectivity index is 2.09. The van der Waals surface area contributed by atoms with Crippen LogP contribution in [0.15, 0.2) is 24.5 Å². The highest BCUT2D eigenvalue weighted by molar-refractivity contribution is 7.93. The SMILES string of the molecule is O=S1(=O)C2C=C(c3cnccc3C(F)(F)F)CC1CC2. The number of fused-ring (bicyclic) bond motifs is 2. The molecule has 2 atom stereocenters. The second-order valence-electron chi connectivity index (χ2n) is 5.14. The van der Waals surface area contributed by atoms with Gasteiger partial charge in [-0.15, -0.1) is 0 Å². The van der Waals surface area contributed by atoms with E-state index < -0.39 is 32.1 Å². The van der Waals surface area contributed by atoms with Crippen molar-refractivity contribution in [2.24, 2.45) is 0 Å². The predicted octanol–water partition coefficient (Wildman–Crippen LogP) is 2.83. The van der Waals surface area contributed by atoms with Gasteiger partial charge in [-0.3, -0.25) is 4.98 Å². The summed E-state index contributed by atoms with van der Waals surface area (Å²) in [5.74, 6) is 0. The number of sulfone groups is 1. The Morgan fingerprint density at radius 1 is 1.25 bits per heavy atom. The molecule has 2 unspecified atom stereocenters. The molecule has 3 heterocycles. The molecule has 2 bridgehead atoms. The van der Waals surface area contributed by atoms with Gasteiger partial charge in [0.1, 0.15) is 0 Å². The average molecular weight is 303 g/mol. The van der Waals surface area contributed by atoms with Crippen molar-refractivity contribution in [1.29, 1.82) is 0 Å². The lowest BCUT2D eigenvalue weighted by atomic mass is 9.97. The smallest absolute Gasteiger partial charge is 0.264 e. The third-order valence-electron chi connectivity index (χ3n) is 3.97. The second-order valence-corrected chi connectivity index (χ2v) is 7.59.